The summed E-state index contributed by atoms with van der Waals surface area (Å²) in [7, 11) is 2.74. The molecule has 0 aliphatic rings. The van der Waals surface area contributed by atoms with E-state index in [2.05, 4.69) is 15.4 Å². The fraction of sp³-hybridized carbons (Fsp3) is 0.286. The number of thiophene rings is 1. The van der Waals surface area contributed by atoms with Crippen LogP contribution < -0.4 is 20.1 Å². The van der Waals surface area contributed by atoms with Crippen molar-refractivity contribution < 1.29 is 37.4 Å². The lowest BCUT2D eigenvalue weighted by Gasteiger charge is -2.12. The summed E-state index contributed by atoms with van der Waals surface area (Å²) in [5.41, 5.74) is 0.617. The molecule has 0 aliphatic carbocycles. The lowest BCUT2D eigenvalue weighted by atomic mass is 10.1. The van der Waals surface area contributed by atoms with Gasteiger partial charge in [-0.15, -0.1) is 11.3 Å². The average molecular weight is 468 g/mol. The van der Waals surface area contributed by atoms with E-state index in [4.69, 9.17) is 9.47 Å². The molecule has 11 heteroatoms. The largest absolute Gasteiger partial charge is 0.493 e. The maximum atomic E-state index is 12.8. The van der Waals surface area contributed by atoms with Gasteiger partial charge >= 0.3 is 12.6 Å². The van der Waals surface area contributed by atoms with Crippen molar-refractivity contribution in [1.29, 1.82) is 0 Å². The molecular weight excluding hydrogens is 446 g/mol. The summed E-state index contributed by atoms with van der Waals surface area (Å²) in [5, 5.41) is 5.14. The van der Waals surface area contributed by atoms with Crippen LogP contribution in [-0.4, -0.2) is 45.2 Å². The van der Waals surface area contributed by atoms with Crippen molar-refractivity contribution in [3.8, 4) is 11.5 Å². The number of nitrogens with one attached hydrogen (secondary N) is 2. The Morgan fingerprint density at radius 1 is 1.25 bits per heavy atom. The van der Waals surface area contributed by atoms with E-state index in [1.165, 1.54) is 32.4 Å². The van der Waals surface area contributed by atoms with Crippen LogP contribution in [-0.2, 0) is 9.53 Å². The zero-order valence-corrected chi connectivity index (χ0v) is 18.6. The number of rotatable bonds is 9. The molecule has 0 radical (unpaired) electrons. The number of benzene rings is 1. The van der Waals surface area contributed by atoms with E-state index in [1.807, 2.05) is 0 Å². The Hall–Kier alpha value is -3.47. The van der Waals surface area contributed by atoms with Gasteiger partial charge in [-0.2, -0.15) is 8.78 Å². The molecule has 0 saturated carbocycles. The highest BCUT2D eigenvalue weighted by Crippen LogP contribution is 2.35. The molecular formula is C21H22F2N2O6S. The third-order valence-corrected chi connectivity index (χ3v) is 5.35. The number of esters is 1. The van der Waals surface area contributed by atoms with E-state index in [0.29, 0.717) is 5.56 Å². The Kier molecular flexibility index (Phi) is 8.71. The number of para-hydroxylation sites is 1. The summed E-state index contributed by atoms with van der Waals surface area (Å²) in [6.07, 6.45) is 2.34. The Morgan fingerprint density at radius 2 is 1.97 bits per heavy atom. The summed E-state index contributed by atoms with van der Waals surface area (Å²) in [4.78, 5) is 37.2. The number of hydrogen-bond acceptors (Lipinski definition) is 7. The SMILES string of the molecule is CCOC(=O)c1c(NC(=O)/C=C/c2cccc(OC)c2OC(F)F)sc(C(=O)NC)c1C. The second-order valence-corrected chi connectivity index (χ2v) is 7.16. The first-order valence-electron chi connectivity index (χ1n) is 9.36. The molecule has 1 aromatic heterocycles. The summed E-state index contributed by atoms with van der Waals surface area (Å²) < 4.78 is 40.1. The van der Waals surface area contributed by atoms with Crippen LogP contribution >= 0.6 is 11.3 Å². The third-order valence-electron chi connectivity index (χ3n) is 4.15. The second-order valence-electron chi connectivity index (χ2n) is 6.14. The maximum Gasteiger partial charge on any atom is 0.387 e. The molecule has 1 aromatic carbocycles. The molecule has 2 rings (SSSR count). The lowest BCUT2D eigenvalue weighted by Crippen LogP contribution is -2.17. The van der Waals surface area contributed by atoms with Crippen molar-refractivity contribution >= 4 is 40.2 Å². The van der Waals surface area contributed by atoms with Gasteiger partial charge in [-0.25, -0.2) is 4.79 Å². The highest BCUT2D eigenvalue weighted by Gasteiger charge is 2.26. The summed E-state index contributed by atoms with van der Waals surface area (Å²) in [5.74, 6) is -1.92. The van der Waals surface area contributed by atoms with Gasteiger partial charge in [0.15, 0.2) is 11.5 Å². The number of anilines is 1. The van der Waals surface area contributed by atoms with E-state index in [9.17, 15) is 23.2 Å². The Labute approximate surface area is 187 Å². The molecule has 8 nitrogen and oxygen atoms in total. The van der Waals surface area contributed by atoms with Gasteiger partial charge in [-0.05, 0) is 31.6 Å². The Morgan fingerprint density at radius 3 is 2.56 bits per heavy atom. The Balaban J connectivity index is 2.35. The van der Waals surface area contributed by atoms with Crippen molar-refractivity contribution in [1.82, 2.24) is 5.32 Å². The first-order valence-corrected chi connectivity index (χ1v) is 10.2. The first kappa shape index (κ1) is 24.8. The van der Waals surface area contributed by atoms with Crippen molar-refractivity contribution in [2.75, 3.05) is 26.1 Å². The standard InChI is InChI=1S/C21H22F2N2O6S/c1-5-30-20(28)15-11(2)17(18(27)24-3)32-19(15)25-14(26)10-9-12-7-6-8-13(29-4)16(12)31-21(22)23/h6-10,21H,5H2,1-4H3,(H,24,27)(H,25,26)/b10-9+. The topological polar surface area (TPSA) is 103 Å². The zero-order valence-electron chi connectivity index (χ0n) is 17.8. The lowest BCUT2D eigenvalue weighted by molar-refractivity contribution is -0.111. The summed E-state index contributed by atoms with van der Waals surface area (Å²) in [6, 6.07) is 4.45. The van der Waals surface area contributed by atoms with Crippen LogP contribution in [0.5, 0.6) is 11.5 Å². The average Bonchev–Trinajstić information content (AvgIpc) is 3.07. The molecule has 2 N–H and O–H groups in total. The third kappa shape index (κ3) is 5.82. The van der Waals surface area contributed by atoms with Crippen LogP contribution in [0.4, 0.5) is 13.8 Å². The van der Waals surface area contributed by atoms with Gasteiger partial charge in [-0.3, -0.25) is 9.59 Å². The number of ether oxygens (including phenoxy) is 3. The van der Waals surface area contributed by atoms with Gasteiger partial charge in [0.25, 0.3) is 5.91 Å². The number of carbonyl (C=O) groups is 3. The van der Waals surface area contributed by atoms with Crippen molar-refractivity contribution in [2.24, 2.45) is 0 Å². The molecule has 0 fully saturated rings. The van der Waals surface area contributed by atoms with Crippen LogP contribution in [0.1, 0.15) is 38.1 Å². The van der Waals surface area contributed by atoms with Gasteiger partial charge in [0.2, 0.25) is 5.91 Å². The number of hydrogen-bond donors (Lipinski definition) is 2. The van der Waals surface area contributed by atoms with E-state index >= 15 is 0 Å². The fourth-order valence-electron chi connectivity index (χ4n) is 2.74. The van der Waals surface area contributed by atoms with Crippen molar-refractivity contribution in [3.05, 3.63) is 45.8 Å². The minimum Gasteiger partial charge on any atom is -0.493 e. The van der Waals surface area contributed by atoms with E-state index in [0.717, 1.165) is 17.4 Å². The predicted octanol–water partition coefficient (Wildman–Crippen LogP) is 3.85. The van der Waals surface area contributed by atoms with E-state index < -0.39 is 24.4 Å². The molecule has 0 atom stereocenters. The van der Waals surface area contributed by atoms with E-state index in [-0.39, 0.29) is 39.1 Å². The number of alkyl halides is 2. The predicted molar refractivity (Wildman–Crippen MR) is 116 cm³/mol. The van der Waals surface area contributed by atoms with Crippen molar-refractivity contribution in [3.63, 3.8) is 0 Å². The minimum atomic E-state index is -3.09. The first-order chi connectivity index (χ1) is 15.2. The van der Waals surface area contributed by atoms with Gasteiger partial charge < -0.3 is 24.8 Å². The molecule has 1 heterocycles. The van der Waals surface area contributed by atoms with Crippen LogP contribution in [0.2, 0.25) is 0 Å². The Bertz CT molecular complexity index is 1040. The smallest absolute Gasteiger partial charge is 0.387 e. The molecule has 32 heavy (non-hydrogen) atoms. The van der Waals surface area contributed by atoms with Gasteiger partial charge in [-0.1, -0.05) is 12.1 Å². The molecule has 2 amide bonds. The normalized spacial score (nSPS) is 10.8. The molecule has 0 aliphatic heterocycles. The molecule has 0 unspecified atom stereocenters. The van der Waals surface area contributed by atoms with Crippen LogP contribution in [0.15, 0.2) is 24.3 Å². The van der Waals surface area contributed by atoms with Gasteiger partial charge in [0, 0.05) is 18.7 Å². The van der Waals surface area contributed by atoms with Crippen LogP contribution in [0.25, 0.3) is 6.08 Å². The number of halogens is 2. The quantitative estimate of drug-likeness (QED) is 0.428. The molecule has 2 aromatic rings. The highest BCUT2D eigenvalue weighted by molar-refractivity contribution is 7.18. The van der Waals surface area contributed by atoms with Crippen molar-refractivity contribution in [2.45, 2.75) is 20.5 Å². The summed E-state index contributed by atoms with van der Waals surface area (Å²) >= 11 is 0.918. The van der Waals surface area contributed by atoms with Gasteiger partial charge in [0.1, 0.15) is 5.00 Å². The molecule has 0 saturated heterocycles. The number of amides is 2. The zero-order chi connectivity index (χ0) is 23.8. The molecule has 0 spiro atoms. The number of carbonyl (C=O) groups excluding carboxylic acids is 3. The minimum absolute atomic E-state index is 0.0697. The van der Waals surface area contributed by atoms with Gasteiger partial charge in [0.05, 0.1) is 24.2 Å². The highest BCUT2D eigenvalue weighted by atomic mass is 32.1. The summed E-state index contributed by atoms with van der Waals surface area (Å²) in [6.45, 7) is 0.229. The van der Waals surface area contributed by atoms with Crippen LogP contribution in [0, 0.1) is 6.92 Å². The van der Waals surface area contributed by atoms with E-state index in [1.54, 1.807) is 19.9 Å². The monoisotopic (exact) mass is 468 g/mol. The van der Waals surface area contributed by atoms with Crippen LogP contribution in [0.3, 0.4) is 0 Å². The number of methoxy groups -OCH3 is 1. The second kappa shape index (κ2) is 11.2. The molecule has 0 bridgehead atoms. The molecule has 172 valence electrons. The maximum absolute atomic E-state index is 12.8. The fourth-order valence-corrected chi connectivity index (χ4v) is 3.88.